The average Bonchev–Trinajstić information content (AvgIpc) is 1.13. The summed E-state index contributed by atoms with van der Waals surface area (Å²) >= 11 is 0. The fourth-order valence-corrected chi connectivity index (χ4v) is 11.9. The molecule has 18 N–H and O–H groups in total. The van der Waals surface area contributed by atoms with E-state index in [1.165, 1.54) is 36.8 Å². The fraction of sp³-hybridized carbons (Fsp3) is 0.314. The molecule has 0 aliphatic rings. The van der Waals surface area contributed by atoms with Crippen LogP contribution in [0.5, 0.6) is 0 Å². The molecule has 9 aromatic rings. The lowest BCUT2D eigenvalue weighted by atomic mass is 9.83. The van der Waals surface area contributed by atoms with Crippen LogP contribution in [0.25, 0.3) is 32.7 Å². The van der Waals surface area contributed by atoms with E-state index in [0.717, 1.165) is 36.4 Å². The number of halogens is 10. The first-order valence-electron chi connectivity index (χ1n) is 31.2. The maximum Gasteiger partial charge on any atom is 0.416 e. The lowest BCUT2D eigenvalue weighted by Gasteiger charge is -2.28. The SMILES string of the molecule is Cl.NCCCC[C@](N)(C(=O)Cc1c[nH]c2ccc(C(F)(F)F)cc12)C(=O)Nc1ccc(C(c2ccc(NC(=O)[C@](N)(CCCCN)C(=O)Cc3c[nH]c4ccc(C(F)(F)F)cc34)cc2)c2ccc(NC(=O)[C@](N)(CCCCN)C(=O)Cc3c[nH]c4ccc(C(F)(F)F)cc34)cc2)cc1. The van der Waals surface area contributed by atoms with Gasteiger partial charge in [0.1, 0.15) is 0 Å². The first kappa shape index (κ1) is 74.6. The number of Topliss-reactive ketones (excluding diaryl/α,β-unsaturated/α-hetero) is 3. The number of nitrogens with two attached hydrogens (primary N) is 6. The van der Waals surface area contributed by atoms with Crippen LogP contribution in [0.15, 0.2) is 146 Å². The summed E-state index contributed by atoms with van der Waals surface area (Å²) in [5.74, 6) is -5.71. The van der Waals surface area contributed by atoms with E-state index >= 15 is 0 Å². The number of carbonyl (C=O) groups excluding carboxylic acids is 6. The molecule has 0 spiro atoms. The Morgan fingerprint density at radius 1 is 0.367 bits per heavy atom. The minimum absolute atomic E-state index is 0. The standard InChI is InChI=1S/C70H73F9N12O6.ClH/c71-68(72,73)46-13-22-55-52(34-46)43(37-86-55)31-58(92)65(83,25-1-4-28-80)62(95)89-49-16-7-40(8-17-49)61(41-9-18-50(19-10-41)90-63(96)66(84,26-2-5-29-81)59(93)32-44-38-87-56-23-14-47(35-53(44)56)69(74,75)76)42-11-20-51(21-12-42)91-64(97)67(85,27-3-6-30-82)60(94)33-45-39-88-57-24-15-48(36-54(45)57)70(77,78)79;/h7-24,34-39,61,86-88H,1-6,25-33,80-85H2,(H,89,95)(H,90,96)(H,91,97);1H/t65-,66-,67-;/m0./s1. The molecule has 98 heavy (non-hydrogen) atoms. The number of carbonyl (C=O) groups is 6. The van der Waals surface area contributed by atoms with Crippen molar-refractivity contribution in [2.45, 2.75) is 118 Å². The molecule has 3 heterocycles. The van der Waals surface area contributed by atoms with Gasteiger partial charge in [-0.25, -0.2) is 0 Å². The molecule has 18 nitrogen and oxygen atoms in total. The second kappa shape index (κ2) is 30.7. The lowest BCUT2D eigenvalue weighted by molar-refractivity contribution is -0.138. The number of anilines is 3. The van der Waals surface area contributed by atoms with Gasteiger partial charge in [-0.2, -0.15) is 39.5 Å². The number of ketones is 3. The van der Waals surface area contributed by atoms with Gasteiger partial charge >= 0.3 is 18.5 Å². The van der Waals surface area contributed by atoms with Crippen molar-refractivity contribution in [1.82, 2.24) is 15.0 Å². The average molecular weight is 1390 g/mol. The number of alkyl halides is 9. The Hall–Kier alpha value is -9.22. The van der Waals surface area contributed by atoms with Crippen LogP contribution in [0.4, 0.5) is 56.6 Å². The van der Waals surface area contributed by atoms with Gasteiger partial charge in [0, 0.05) is 93.5 Å². The molecule has 0 fully saturated rings. The second-order valence-electron chi connectivity index (χ2n) is 24.3. The summed E-state index contributed by atoms with van der Waals surface area (Å²) in [4.78, 5) is 94.3. The summed E-state index contributed by atoms with van der Waals surface area (Å²) < 4.78 is 124. The Bertz CT molecular complexity index is 3910. The molecule has 28 heteroatoms. The van der Waals surface area contributed by atoms with E-state index in [1.807, 2.05) is 0 Å². The Morgan fingerprint density at radius 2 is 0.612 bits per heavy atom. The summed E-state index contributed by atoms with van der Waals surface area (Å²) in [6, 6.07) is 28.5. The molecule has 6 aromatic carbocycles. The van der Waals surface area contributed by atoms with Gasteiger partial charge in [0.05, 0.1) is 16.7 Å². The molecule has 0 bridgehead atoms. The van der Waals surface area contributed by atoms with Gasteiger partial charge in [0.25, 0.3) is 17.7 Å². The molecule has 9 rings (SSSR count). The number of hydrogen-bond donors (Lipinski definition) is 12. The highest BCUT2D eigenvalue weighted by Gasteiger charge is 2.45. The number of fused-ring (bicyclic) bond motifs is 3. The predicted octanol–water partition coefficient (Wildman–Crippen LogP) is 11.5. The van der Waals surface area contributed by atoms with Gasteiger partial charge in [-0.1, -0.05) is 36.4 Å². The molecule has 0 aliphatic carbocycles. The van der Waals surface area contributed by atoms with E-state index in [2.05, 4.69) is 30.9 Å². The summed E-state index contributed by atoms with van der Waals surface area (Å²) in [5, 5.41) is 8.60. The third kappa shape index (κ3) is 16.8. The van der Waals surface area contributed by atoms with E-state index in [4.69, 9.17) is 34.4 Å². The predicted molar refractivity (Wildman–Crippen MR) is 359 cm³/mol. The van der Waals surface area contributed by atoms with Crippen LogP contribution in [-0.4, -0.2) is 86.3 Å². The molecular formula is C70H74ClF9N12O6. The lowest BCUT2D eigenvalue weighted by Crippen LogP contribution is -2.58. The van der Waals surface area contributed by atoms with Crippen LogP contribution in [0.3, 0.4) is 0 Å². The maximum atomic E-state index is 14.3. The number of rotatable bonds is 30. The van der Waals surface area contributed by atoms with Crippen LogP contribution in [0, 0.1) is 0 Å². The molecule has 0 saturated heterocycles. The number of amides is 3. The highest BCUT2D eigenvalue weighted by molar-refractivity contribution is 6.18. The molecule has 3 amide bonds. The minimum atomic E-state index is -4.67. The van der Waals surface area contributed by atoms with E-state index < -0.39 is 112 Å². The van der Waals surface area contributed by atoms with Gasteiger partial charge in [-0.05, 0) is 202 Å². The normalized spacial score (nSPS) is 14.0. The topological polar surface area (TPSA) is 342 Å². The van der Waals surface area contributed by atoms with Crippen molar-refractivity contribution >= 4 is 97.2 Å². The summed E-state index contributed by atoms with van der Waals surface area (Å²) in [6.07, 6.45) is -9.90. The molecule has 520 valence electrons. The number of aromatic amines is 3. The molecule has 0 aliphatic heterocycles. The van der Waals surface area contributed by atoms with Crippen LogP contribution in [0.2, 0.25) is 0 Å². The van der Waals surface area contributed by atoms with Crippen molar-refractivity contribution in [3.8, 4) is 0 Å². The summed E-state index contributed by atoms with van der Waals surface area (Å²) in [6.45, 7) is 0.643. The third-order valence-electron chi connectivity index (χ3n) is 17.6. The Kier molecular flexibility index (Phi) is 23.3. The van der Waals surface area contributed by atoms with Crippen molar-refractivity contribution in [3.05, 3.63) is 196 Å². The molecule has 0 radical (unpaired) electrons. The number of benzene rings is 6. The van der Waals surface area contributed by atoms with E-state index in [0.29, 0.717) is 52.5 Å². The van der Waals surface area contributed by atoms with Gasteiger partial charge in [-0.3, -0.25) is 28.8 Å². The van der Waals surface area contributed by atoms with Crippen LogP contribution >= 0.6 is 12.4 Å². The van der Waals surface area contributed by atoms with Gasteiger partial charge < -0.3 is 65.3 Å². The van der Waals surface area contributed by atoms with Gasteiger partial charge in [0.15, 0.2) is 34.0 Å². The number of H-pyrrole nitrogens is 3. The van der Waals surface area contributed by atoms with Crippen LogP contribution in [-0.2, 0) is 66.6 Å². The Labute approximate surface area is 562 Å². The van der Waals surface area contributed by atoms with Crippen molar-refractivity contribution in [2.24, 2.45) is 34.4 Å². The smallest absolute Gasteiger partial charge is 0.361 e. The van der Waals surface area contributed by atoms with Crippen molar-refractivity contribution in [3.63, 3.8) is 0 Å². The largest absolute Gasteiger partial charge is 0.416 e. The quantitative estimate of drug-likeness (QED) is 0.00865. The number of nitrogens with one attached hydrogen (secondary N) is 6. The molecule has 0 saturated carbocycles. The molecule has 3 aromatic heterocycles. The van der Waals surface area contributed by atoms with E-state index in [9.17, 15) is 68.3 Å². The zero-order valence-electron chi connectivity index (χ0n) is 52.8. The van der Waals surface area contributed by atoms with Crippen molar-refractivity contribution < 1.29 is 68.3 Å². The van der Waals surface area contributed by atoms with Crippen LogP contribution < -0.4 is 50.4 Å². The summed E-state index contributed by atoms with van der Waals surface area (Å²) in [7, 11) is 0. The highest BCUT2D eigenvalue weighted by atomic mass is 35.5. The zero-order chi connectivity index (χ0) is 70.3. The second-order valence-corrected chi connectivity index (χ2v) is 24.3. The fourth-order valence-electron chi connectivity index (χ4n) is 11.9. The maximum absolute atomic E-state index is 14.3. The monoisotopic (exact) mass is 1380 g/mol. The molecule has 3 atom stereocenters. The molecular weight excluding hydrogens is 1310 g/mol. The minimum Gasteiger partial charge on any atom is -0.361 e. The zero-order valence-corrected chi connectivity index (χ0v) is 53.6. The first-order chi connectivity index (χ1) is 45.9. The van der Waals surface area contributed by atoms with Crippen molar-refractivity contribution in [2.75, 3.05) is 35.6 Å². The van der Waals surface area contributed by atoms with Gasteiger partial charge in [-0.15, -0.1) is 12.4 Å². The number of unbranched alkanes of at least 4 members (excludes halogenated alkanes) is 3. The summed E-state index contributed by atoms with van der Waals surface area (Å²) in [5.41, 5.74) is 32.1. The highest BCUT2D eigenvalue weighted by Crippen LogP contribution is 2.39. The first-order valence-corrected chi connectivity index (χ1v) is 31.2. The van der Waals surface area contributed by atoms with Crippen LogP contribution in [0.1, 0.15) is 114 Å². The van der Waals surface area contributed by atoms with Gasteiger partial charge in [0.2, 0.25) is 0 Å². The van der Waals surface area contributed by atoms with E-state index in [-0.39, 0.29) is 120 Å². The Morgan fingerprint density at radius 3 is 0.837 bits per heavy atom. The van der Waals surface area contributed by atoms with E-state index in [1.54, 1.807) is 72.8 Å². The van der Waals surface area contributed by atoms with Crippen molar-refractivity contribution in [1.29, 1.82) is 0 Å². The number of hydrogen-bond acceptors (Lipinski definition) is 12. The number of aromatic nitrogens is 3. The molecule has 0 unspecified atom stereocenters. The third-order valence-corrected chi connectivity index (χ3v) is 17.6. The Balaban J connectivity index is 0.0000122.